The van der Waals surface area contributed by atoms with E-state index in [1.807, 2.05) is 27.7 Å². The number of aromatic hydroxyl groups is 1. The van der Waals surface area contributed by atoms with Gasteiger partial charge in [-0.3, -0.25) is 0 Å². The van der Waals surface area contributed by atoms with Gasteiger partial charge >= 0.3 is 7.12 Å². The molecule has 20 heavy (non-hydrogen) atoms. The van der Waals surface area contributed by atoms with Gasteiger partial charge in [0.25, 0.3) is 0 Å². The van der Waals surface area contributed by atoms with Crippen molar-refractivity contribution < 1.29 is 19.2 Å². The number of phenolic OH excluding ortho intramolecular Hbond substituents is 1. The summed E-state index contributed by atoms with van der Waals surface area (Å²) in [7, 11) is 0.980. The van der Waals surface area contributed by atoms with Gasteiger partial charge in [0.1, 0.15) is 11.5 Å². The molecule has 0 saturated carbocycles. The molecule has 110 valence electrons. The van der Waals surface area contributed by atoms with Gasteiger partial charge in [0.05, 0.1) is 24.3 Å². The molecule has 1 aromatic rings. The van der Waals surface area contributed by atoms with E-state index in [0.29, 0.717) is 5.75 Å². The first-order valence-corrected chi connectivity index (χ1v) is 6.66. The maximum Gasteiger partial charge on any atom is 0.480 e. The summed E-state index contributed by atoms with van der Waals surface area (Å²) in [5, 5.41) is 9.50. The average molecular weight is 279 g/mol. The molecule has 0 radical (unpaired) electrons. The second-order valence-corrected chi connectivity index (χ2v) is 6.08. The second-order valence-electron chi connectivity index (χ2n) is 6.08. The first kappa shape index (κ1) is 15.2. The molecule has 6 heteroatoms. The fourth-order valence-electron chi connectivity index (χ4n) is 2.16. The summed E-state index contributed by atoms with van der Waals surface area (Å²) in [6.45, 7) is 7.92. The van der Waals surface area contributed by atoms with Crippen LogP contribution in [-0.2, 0) is 9.31 Å². The number of benzene rings is 1. The van der Waals surface area contributed by atoms with Crippen LogP contribution in [0.15, 0.2) is 18.2 Å². The number of methoxy groups -OCH3 is 1. The van der Waals surface area contributed by atoms with Crippen LogP contribution in [0.2, 0.25) is 0 Å². The Morgan fingerprint density at radius 1 is 1.20 bits per heavy atom. The normalized spacial score (nSPS) is 21.8. The third-order valence-electron chi connectivity index (χ3n) is 4.14. The Morgan fingerprint density at radius 2 is 1.75 bits per heavy atom. The predicted octanol–water partition coefficient (Wildman–Crippen LogP) is 2.03. The summed E-state index contributed by atoms with van der Waals surface area (Å²) >= 11 is 0. The van der Waals surface area contributed by atoms with E-state index in [9.17, 15) is 5.11 Å². The average Bonchev–Trinajstić information content (AvgIpc) is 2.57. The molecule has 1 fully saturated rings. The van der Waals surface area contributed by atoms with E-state index in [0.717, 1.165) is 5.56 Å². The van der Waals surface area contributed by atoms with Crippen molar-refractivity contribution >= 4 is 7.12 Å². The fraction of sp³-hybridized carbons (Fsp3) is 0.571. The zero-order chi connectivity index (χ0) is 15.1. The largest absolute Gasteiger partial charge is 0.508 e. The van der Waals surface area contributed by atoms with Crippen LogP contribution in [0.4, 0.5) is 0 Å². The predicted molar refractivity (Wildman–Crippen MR) is 77.7 cm³/mol. The zero-order valence-electron chi connectivity index (χ0n) is 12.6. The van der Waals surface area contributed by atoms with Gasteiger partial charge in [-0.2, -0.15) is 0 Å². The maximum atomic E-state index is 9.50. The first-order chi connectivity index (χ1) is 9.18. The molecular formula is C14H22BNO4. The molecule has 1 atom stereocenters. The minimum absolute atomic E-state index is 0.131. The lowest BCUT2D eigenvalue weighted by Gasteiger charge is -2.32. The molecule has 0 unspecified atom stereocenters. The van der Waals surface area contributed by atoms with E-state index in [2.05, 4.69) is 0 Å². The van der Waals surface area contributed by atoms with Gasteiger partial charge in [-0.05, 0) is 33.8 Å². The van der Waals surface area contributed by atoms with Crippen LogP contribution < -0.4 is 10.5 Å². The molecule has 1 aliphatic heterocycles. The number of phenols is 1. The molecule has 2 rings (SSSR count). The second kappa shape index (κ2) is 4.95. The molecule has 1 saturated heterocycles. The van der Waals surface area contributed by atoms with Crippen molar-refractivity contribution in [2.24, 2.45) is 5.73 Å². The lowest BCUT2D eigenvalue weighted by molar-refractivity contribution is 0.00578. The lowest BCUT2D eigenvalue weighted by Crippen LogP contribution is -2.41. The number of rotatable bonds is 3. The first-order valence-electron chi connectivity index (χ1n) is 6.66. The highest BCUT2D eigenvalue weighted by molar-refractivity contribution is 6.47. The maximum absolute atomic E-state index is 9.50. The summed E-state index contributed by atoms with van der Waals surface area (Å²) in [6.07, 6.45) is 0. The standard InChI is InChI=1S/C14H22BNO4/c1-13(2)14(3,4)20-15(19-13)12(16)10-7-6-9(17)8-11(10)18-5/h6-8,12,17H,16H2,1-5H3/t12-/m1/s1. The lowest BCUT2D eigenvalue weighted by atomic mass is 9.74. The van der Waals surface area contributed by atoms with E-state index < -0.39 is 24.3 Å². The zero-order valence-corrected chi connectivity index (χ0v) is 12.6. The number of nitrogens with two attached hydrogens (primary N) is 1. The van der Waals surface area contributed by atoms with Crippen molar-refractivity contribution in [1.82, 2.24) is 0 Å². The minimum atomic E-state index is -0.557. The van der Waals surface area contributed by atoms with Gasteiger partial charge in [-0.25, -0.2) is 0 Å². The molecule has 0 aromatic heterocycles. The Balaban J connectivity index is 2.27. The summed E-state index contributed by atoms with van der Waals surface area (Å²) < 4.78 is 17.1. The summed E-state index contributed by atoms with van der Waals surface area (Å²) in [4.78, 5) is 0. The van der Waals surface area contributed by atoms with Crippen molar-refractivity contribution in [3.05, 3.63) is 23.8 Å². The van der Waals surface area contributed by atoms with Gasteiger partial charge in [-0.15, -0.1) is 0 Å². The van der Waals surface area contributed by atoms with Crippen LogP contribution in [0, 0.1) is 0 Å². The van der Waals surface area contributed by atoms with Gasteiger partial charge in [-0.1, -0.05) is 6.07 Å². The molecule has 0 amide bonds. The van der Waals surface area contributed by atoms with E-state index in [4.69, 9.17) is 19.8 Å². The van der Waals surface area contributed by atoms with Crippen LogP contribution >= 0.6 is 0 Å². The van der Waals surface area contributed by atoms with Crippen LogP contribution in [0.5, 0.6) is 11.5 Å². The summed E-state index contributed by atoms with van der Waals surface area (Å²) in [5.41, 5.74) is 6.13. The molecule has 1 aliphatic rings. The SMILES string of the molecule is COc1cc(O)ccc1[C@@H](N)B1OC(C)(C)C(C)(C)O1. The topological polar surface area (TPSA) is 73.9 Å². The smallest absolute Gasteiger partial charge is 0.480 e. The Morgan fingerprint density at radius 3 is 2.25 bits per heavy atom. The number of hydrogen-bond acceptors (Lipinski definition) is 5. The third-order valence-corrected chi connectivity index (χ3v) is 4.14. The molecule has 1 heterocycles. The van der Waals surface area contributed by atoms with Crippen molar-refractivity contribution in [2.75, 3.05) is 7.11 Å². The quantitative estimate of drug-likeness (QED) is 0.828. The van der Waals surface area contributed by atoms with E-state index in [-0.39, 0.29) is 5.75 Å². The van der Waals surface area contributed by atoms with E-state index in [1.54, 1.807) is 12.1 Å². The third kappa shape index (κ3) is 2.51. The summed E-state index contributed by atoms with van der Waals surface area (Å²) in [6, 6.07) is 4.83. The molecule has 0 bridgehead atoms. The van der Waals surface area contributed by atoms with Crippen LogP contribution in [0.1, 0.15) is 39.2 Å². The van der Waals surface area contributed by atoms with Crippen molar-refractivity contribution in [3.8, 4) is 11.5 Å². The van der Waals surface area contributed by atoms with E-state index >= 15 is 0 Å². The highest BCUT2D eigenvalue weighted by Crippen LogP contribution is 2.41. The minimum Gasteiger partial charge on any atom is -0.508 e. The highest BCUT2D eigenvalue weighted by Gasteiger charge is 2.53. The summed E-state index contributed by atoms with van der Waals surface area (Å²) in [5.74, 6) is 0.158. The van der Waals surface area contributed by atoms with Crippen molar-refractivity contribution in [2.45, 2.75) is 44.8 Å². The number of ether oxygens (including phenoxy) is 1. The van der Waals surface area contributed by atoms with Crippen LogP contribution in [-0.4, -0.2) is 30.5 Å². The van der Waals surface area contributed by atoms with Crippen LogP contribution in [0.3, 0.4) is 0 Å². The van der Waals surface area contributed by atoms with Crippen LogP contribution in [0.25, 0.3) is 0 Å². The Bertz CT molecular complexity index is 488. The molecular weight excluding hydrogens is 257 g/mol. The molecule has 0 aliphatic carbocycles. The number of hydrogen-bond donors (Lipinski definition) is 2. The molecule has 5 nitrogen and oxygen atoms in total. The molecule has 1 aromatic carbocycles. The Hall–Kier alpha value is -1.24. The Labute approximate surface area is 120 Å². The van der Waals surface area contributed by atoms with Gasteiger partial charge < -0.3 is 24.9 Å². The van der Waals surface area contributed by atoms with Crippen molar-refractivity contribution in [3.63, 3.8) is 0 Å². The monoisotopic (exact) mass is 279 g/mol. The van der Waals surface area contributed by atoms with Crippen molar-refractivity contribution in [1.29, 1.82) is 0 Å². The highest BCUT2D eigenvalue weighted by atomic mass is 16.7. The van der Waals surface area contributed by atoms with Gasteiger partial charge in [0, 0.05) is 11.6 Å². The van der Waals surface area contributed by atoms with Gasteiger partial charge in [0.15, 0.2) is 0 Å². The fourth-order valence-corrected chi connectivity index (χ4v) is 2.16. The Kier molecular flexibility index (Phi) is 3.75. The molecule has 3 N–H and O–H groups in total. The molecule has 0 spiro atoms. The van der Waals surface area contributed by atoms with Gasteiger partial charge in [0.2, 0.25) is 0 Å². The van der Waals surface area contributed by atoms with E-state index in [1.165, 1.54) is 13.2 Å².